The molecule has 1 aromatic carbocycles. The van der Waals surface area contributed by atoms with E-state index in [4.69, 9.17) is 9.47 Å². The van der Waals surface area contributed by atoms with Crippen LogP contribution < -0.4 is 10.6 Å². The highest BCUT2D eigenvalue weighted by molar-refractivity contribution is 5.79. The summed E-state index contributed by atoms with van der Waals surface area (Å²) in [6.07, 6.45) is 7.23. The molecule has 144 valence electrons. The fourth-order valence-corrected chi connectivity index (χ4v) is 3.81. The van der Waals surface area contributed by atoms with E-state index in [2.05, 4.69) is 46.0 Å². The Kier molecular flexibility index (Phi) is 7.32. The second-order valence-electron chi connectivity index (χ2n) is 7.39. The molecule has 2 N–H and O–H groups in total. The van der Waals surface area contributed by atoms with Crippen LogP contribution in [0.4, 0.5) is 0 Å². The van der Waals surface area contributed by atoms with Gasteiger partial charge < -0.3 is 20.1 Å². The number of rotatable bonds is 8. The minimum Gasteiger partial charge on any atom is -0.381 e. The van der Waals surface area contributed by atoms with E-state index in [1.54, 1.807) is 0 Å². The van der Waals surface area contributed by atoms with Gasteiger partial charge in [0.15, 0.2) is 5.96 Å². The topological polar surface area (TPSA) is 54.9 Å². The lowest BCUT2D eigenvalue weighted by Gasteiger charge is -2.43. The summed E-state index contributed by atoms with van der Waals surface area (Å²) in [5.74, 6) is 0.887. The van der Waals surface area contributed by atoms with Crippen molar-refractivity contribution in [2.75, 3.05) is 40.0 Å². The molecule has 0 radical (unpaired) electrons. The molecule has 0 unspecified atom stereocenters. The van der Waals surface area contributed by atoms with Gasteiger partial charge in [0.2, 0.25) is 0 Å². The Morgan fingerprint density at radius 1 is 1.19 bits per heavy atom. The van der Waals surface area contributed by atoms with E-state index in [0.29, 0.717) is 6.10 Å². The summed E-state index contributed by atoms with van der Waals surface area (Å²) >= 11 is 0. The molecule has 2 aliphatic rings. The molecule has 1 aliphatic carbocycles. The maximum Gasteiger partial charge on any atom is 0.191 e. The zero-order chi connectivity index (χ0) is 18.1. The molecule has 1 saturated heterocycles. The van der Waals surface area contributed by atoms with Crippen molar-refractivity contribution in [2.45, 2.75) is 50.0 Å². The lowest BCUT2D eigenvalue weighted by molar-refractivity contribution is -0.0320. The summed E-state index contributed by atoms with van der Waals surface area (Å²) in [7, 11) is 1.84. The quantitative estimate of drug-likeness (QED) is 0.426. The first-order valence-electron chi connectivity index (χ1n) is 10.0. The van der Waals surface area contributed by atoms with Crippen molar-refractivity contribution in [3.63, 3.8) is 0 Å². The average Bonchev–Trinajstić information content (AvgIpc) is 2.67. The summed E-state index contributed by atoms with van der Waals surface area (Å²) in [6.45, 7) is 4.28. The fraction of sp³-hybridized carbons (Fsp3) is 0.667. The number of nitrogens with zero attached hydrogens (tertiary/aromatic N) is 1. The van der Waals surface area contributed by atoms with Gasteiger partial charge in [0.25, 0.3) is 0 Å². The molecule has 1 saturated carbocycles. The van der Waals surface area contributed by atoms with Crippen LogP contribution in [0.15, 0.2) is 35.3 Å². The zero-order valence-corrected chi connectivity index (χ0v) is 16.0. The molecule has 1 aromatic rings. The second-order valence-corrected chi connectivity index (χ2v) is 7.39. The van der Waals surface area contributed by atoms with Crippen molar-refractivity contribution in [3.05, 3.63) is 35.9 Å². The zero-order valence-electron chi connectivity index (χ0n) is 16.0. The summed E-state index contributed by atoms with van der Waals surface area (Å²) in [4.78, 5) is 4.37. The van der Waals surface area contributed by atoms with Crippen LogP contribution in [-0.2, 0) is 14.9 Å². The lowest BCUT2D eigenvalue weighted by Crippen LogP contribution is -2.49. The smallest absolute Gasteiger partial charge is 0.191 e. The van der Waals surface area contributed by atoms with Gasteiger partial charge in [-0.05, 0) is 37.7 Å². The Hall–Kier alpha value is -1.59. The molecule has 26 heavy (non-hydrogen) atoms. The summed E-state index contributed by atoms with van der Waals surface area (Å²) in [5, 5.41) is 6.95. The molecule has 0 atom stereocenters. The predicted octanol–water partition coefficient (Wildman–Crippen LogP) is 2.86. The molecule has 5 nitrogen and oxygen atoms in total. The van der Waals surface area contributed by atoms with Gasteiger partial charge in [0, 0.05) is 45.4 Å². The van der Waals surface area contributed by atoms with Gasteiger partial charge in [-0.2, -0.15) is 0 Å². The molecule has 3 rings (SSSR count). The normalized spacial score (nSPS) is 20.4. The first-order chi connectivity index (χ1) is 12.8. The van der Waals surface area contributed by atoms with Crippen molar-refractivity contribution in [1.29, 1.82) is 0 Å². The third-order valence-electron chi connectivity index (χ3n) is 5.65. The molecule has 0 bridgehead atoms. The third kappa shape index (κ3) is 5.21. The fourth-order valence-electron chi connectivity index (χ4n) is 3.81. The maximum atomic E-state index is 5.92. The number of guanidine groups is 1. The number of hydrogen-bond donors (Lipinski definition) is 2. The van der Waals surface area contributed by atoms with E-state index in [0.717, 1.165) is 58.1 Å². The van der Waals surface area contributed by atoms with Crippen LogP contribution in [0.5, 0.6) is 0 Å². The van der Waals surface area contributed by atoms with Gasteiger partial charge >= 0.3 is 0 Å². The third-order valence-corrected chi connectivity index (χ3v) is 5.65. The molecule has 0 spiro atoms. The van der Waals surface area contributed by atoms with Gasteiger partial charge in [-0.1, -0.05) is 36.8 Å². The highest BCUT2D eigenvalue weighted by Gasteiger charge is 2.38. The Morgan fingerprint density at radius 3 is 2.62 bits per heavy atom. The van der Waals surface area contributed by atoms with Gasteiger partial charge in [-0.3, -0.25) is 4.99 Å². The number of hydrogen-bond acceptors (Lipinski definition) is 3. The Bertz CT molecular complexity index is 552. The van der Waals surface area contributed by atoms with E-state index in [-0.39, 0.29) is 5.41 Å². The summed E-state index contributed by atoms with van der Waals surface area (Å²) in [5.41, 5.74) is 1.71. The maximum absolute atomic E-state index is 5.92. The Balaban J connectivity index is 1.35. The minimum atomic E-state index is 0.269. The molecule has 2 fully saturated rings. The van der Waals surface area contributed by atoms with Crippen LogP contribution in [0.1, 0.15) is 44.1 Å². The molecular weight excluding hydrogens is 326 g/mol. The monoisotopic (exact) mass is 359 g/mol. The van der Waals surface area contributed by atoms with Crippen molar-refractivity contribution in [1.82, 2.24) is 10.6 Å². The van der Waals surface area contributed by atoms with E-state index in [1.165, 1.54) is 24.8 Å². The predicted molar refractivity (Wildman–Crippen MR) is 106 cm³/mol. The molecule has 1 heterocycles. The lowest BCUT2D eigenvalue weighted by atomic mass is 9.64. The van der Waals surface area contributed by atoms with Crippen LogP contribution >= 0.6 is 0 Å². The Morgan fingerprint density at radius 2 is 1.96 bits per heavy atom. The van der Waals surface area contributed by atoms with Crippen molar-refractivity contribution >= 4 is 5.96 Å². The van der Waals surface area contributed by atoms with Crippen LogP contribution in [0.2, 0.25) is 0 Å². The van der Waals surface area contributed by atoms with Gasteiger partial charge in [0.05, 0.1) is 6.10 Å². The van der Waals surface area contributed by atoms with Gasteiger partial charge in [0.1, 0.15) is 0 Å². The van der Waals surface area contributed by atoms with Crippen molar-refractivity contribution < 1.29 is 9.47 Å². The molecule has 5 heteroatoms. The first kappa shape index (κ1) is 19.2. The van der Waals surface area contributed by atoms with E-state index in [1.807, 2.05) is 7.05 Å². The second kappa shape index (κ2) is 9.93. The molecule has 1 aliphatic heterocycles. The highest BCUT2D eigenvalue weighted by atomic mass is 16.5. The molecule has 0 aromatic heterocycles. The SMILES string of the molecule is CN=C(NCCCOC1CCOCC1)NCC1(c2ccccc2)CCC1. The van der Waals surface area contributed by atoms with E-state index < -0.39 is 0 Å². The van der Waals surface area contributed by atoms with Crippen LogP contribution in [0.25, 0.3) is 0 Å². The summed E-state index contributed by atoms with van der Waals surface area (Å²) < 4.78 is 11.3. The number of nitrogens with one attached hydrogen (secondary N) is 2. The first-order valence-corrected chi connectivity index (χ1v) is 10.0. The Labute approximate surface area is 157 Å². The van der Waals surface area contributed by atoms with Crippen molar-refractivity contribution in [2.24, 2.45) is 4.99 Å². The molecule has 0 amide bonds. The van der Waals surface area contributed by atoms with E-state index >= 15 is 0 Å². The van der Waals surface area contributed by atoms with E-state index in [9.17, 15) is 0 Å². The minimum absolute atomic E-state index is 0.269. The highest BCUT2D eigenvalue weighted by Crippen LogP contribution is 2.43. The van der Waals surface area contributed by atoms with Crippen LogP contribution in [0, 0.1) is 0 Å². The average molecular weight is 360 g/mol. The van der Waals surface area contributed by atoms with Crippen LogP contribution in [0.3, 0.4) is 0 Å². The van der Waals surface area contributed by atoms with Gasteiger partial charge in [-0.25, -0.2) is 0 Å². The number of benzene rings is 1. The summed E-state index contributed by atoms with van der Waals surface area (Å²) in [6, 6.07) is 10.9. The van der Waals surface area contributed by atoms with Crippen molar-refractivity contribution in [3.8, 4) is 0 Å². The van der Waals surface area contributed by atoms with Crippen LogP contribution in [-0.4, -0.2) is 52.0 Å². The number of ether oxygens (including phenoxy) is 2. The largest absolute Gasteiger partial charge is 0.381 e. The standard InChI is InChI=1S/C21H33N3O2/c1-22-20(23-13-6-14-26-19-9-15-25-16-10-19)24-17-21(11-5-12-21)18-7-3-2-4-8-18/h2-4,7-8,19H,5-6,9-17H2,1H3,(H2,22,23,24). The van der Waals surface area contributed by atoms with Gasteiger partial charge in [-0.15, -0.1) is 0 Å². The number of aliphatic imine (C=N–C) groups is 1. The molecular formula is C21H33N3O2.